The van der Waals surface area contributed by atoms with Gasteiger partial charge in [-0.2, -0.15) is 0 Å². The van der Waals surface area contributed by atoms with E-state index in [-0.39, 0.29) is 11.7 Å². The summed E-state index contributed by atoms with van der Waals surface area (Å²) in [6.45, 7) is 1.08. The molecular formula is C30H30FN5O3S. The normalized spacial score (nSPS) is 11.2. The van der Waals surface area contributed by atoms with E-state index in [2.05, 4.69) is 20.1 Å². The molecule has 0 spiro atoms. The zero-order chi connectivity index (χ0) is 27.9. The van der Waals surface area contributed by atoms with Crippen LogP contribution in [0, 0.1) is 5.82 Å². The molecule has 0 aliphatic carbocycles. The van der Waals surface area contributed by atoms with Crippen LogP contribution in [0.4, 0.5) is 4.39 Å². The number of ether oxygens (including phenoxy) is 2. The number of carbonyl (C=O) groups excluding carboxylic acids is 1. The molecule has 3 aromatic carbocycles. The van der Waals surface area contributed by atoms with E-state index in [4.69, 9.17) is 14.5 Å². The Labute approximate surface area is 235 Å². The van der Waals surface area contributed by atoms with Crippen molar-refractivity contribution in [3.05, 3.63) is 83.7 Å². The minimum atomic E-state index is -0.264. The number of aromatic nitrogens is 4. The second kappa shape index (κ2) is 12.8. The maximum absolute atomic E-state index is 13.4. The predicted molar refractivity (Wildman–Crippen MR) is 155 cm³/mol. The van der Waals surface area contributed by atoms with Crippen molar-refractivity contribution in [1.82, 2.24) is 25.1 Å². The molecule has 2 aromatic heterocycles. The highest BCUT2D eigenvalue weighted by molar-refractivity contribution is 7.99. The number of nitrogens with one attached hydrogen (secondary N) is 1. The quantitative estimate of drug-likeness (QED) is 0.161. The molecule has 1 N–H and O–H groups in total. The Kier molecular flexibility index (Phi) is 8.75. The second-order valence-corrected chi connectivity index (χ2v) is 10.3. The molecule has 0 aliphatic rings. The molecule has 5 rings (SSSR count). The van der Waals surface area contributed by atoms with E-state index in [0.717, 1.165) is 33.2 Å². The van der Waals surface area contributed by atoms with Gasteiger partial charge in [0.25, 0.3) is 0 Å². The van der Waals surface area contributed by atoms with E-state index in [1.54, 1.807) is 26.4 Å². The Bertz CT molecular complexity index is 1620. The average Bonchev–Trinajstić information content (AvgIpc) is 3.29. The number of methoxy groups -OCH3 is 2. The van der Waals surface area contributed by atoms with Gasteiger partial charge in [-0.1, -0.05) is 48.2 Å². The van der Waals surface area contributed by atoms with Crippen LogP contribution in [-0.4, -0.2) is 52.2 Å². The molecule has 0 aliphatic heterocycles. The second-order valence-electron chi connectivity index (χ2n) is 9.24. The molecule has 1 amide bonds. The first-order valence-electron chi connectivity index (χ1n) is 13.0. The third-order valence-corrected chi connectivity index (χ3v) is 7.50. The van der Waals surface area contributed by atoms with Gasteiger partial charge in [0, 0.05) is 30.6 Å². The molecule has 0 atom stereocenters. The molecule has 206 valence electrons. The van der Waals surface area contributed by atoms with Crippen molar-refractivity contribution < 1.29 is 18.7 Å². The zero-order valence-corrected chi connectivity index (χ0v) is 23.2. The summed E-state index contributed by atoms with van der Waals surface area (Å²) in [5.41, 5.74) is 4.49. The summed E-state index contributed by atoms with van der Waals surface area (Å²) in [4.78, 5) is 17.2. The minimum absolute atomic E-state index is 0.00926. The van der Waals surface area contributed by atoms with Crippen LogP contribution in [0.15, 0.2) is 71.9 Å². The van der Waals surface area contributed by atoms with Crippen LogP contribution in [0.1, 0.15) is 24.0 Å². The largest absolute Gasteiger partial charge is 0.493 e. The lowest BCUT2D eigenvalue weighted by Gasteiger charge is -2.10. The Hall–Kier alpha value is -4.18. The molecule has 0 saturated heterocycles. The maximum Gasteiger partial charge on any atom is 0.220 e. The van der Waals surface area contributed by atoms with Gasteiger partial charge in [0.05, 0.1) is 19.7 Å². The van der Waals surface area contributed by atoms with Gasteiger partial charge in [0.15, 0.2) is 17.1 Å². The van der Waals surface area contributed by atoms with Crippen molar-refractivity contribution in [2.24, 2.45) is 0 Å². The fourth-order valence-electron chi connectivity index (χ4n) is 4.55. The van der Waals surface area contributed by atoms with E-state index in [0.29, 0.717) is 54.8 Å². The summed E-state index contributed by atoms with van der Waals surface area (Å²) in [5.74, 6) is 1.79. The first kappa shape index (κ1) is 27.4. The van der Waals surface area contributed by atoms with Gasteiger partial charge in [-0.15, -0.1) is 10.2 Å². The molecule has 10 heteroatoms. The summed E-state index contributed by atoms with van der Waals surface area (Å²) in [6, 6.07) is 20.2. The number of para-hydroxylation sites is 1. The number of nitrogens with zero attached hydrogens (tertiary/aromatic N) is 4. The van der Waals surface area contributed by atoms with Crippen LogP contribution in [0.2, 0.25) is 0 Å². The van der Waals surface area contributed by atoms with Crippen molar-refractivity contribution >= 4 is 39.7 Å². The van der Waals surface area contributed by atoms with Gasteiger partial charge in [0.1, 0.15) is 11.3 Å². The number of halogens is 1. The lowest BCUT2D eigenvalue weighted by molar-refractivity contribution is -0.121. The van der Waals surface area contributed by atoms with Crippen molar-refractivity contribution in [2.45, 2.75) is 31.0 Å². The number of carbonyl (C=O) groups is 1. The number of rotatable bonds is 12. The number of hydrogen-bond acceptors (Lipinski definition) is 7. The third-order valence-electron chi connectivity index (χ3n) is 6.57. The fraction of sp³-hybridized carbons (Fsp3) is 0.267. The topological polar surface area (TPSA) is 91.2 Å². The first-order chi connectivity index (χ1) is 19.6. The minimum Gasteiger partial charge on any atom is -0.493 e. The van der Waals surface area contributed by atoms with Gasteiger partial charge < -0.3 is 19.4 Å². The van der Waals surface area contributed by atoms with Crippen molar-refractivity contribution in [3.8, 4) is 11.5 Å². The van der Waals surface area contributed by atoms with Crippen LogP contribution < -0.4 is 14.8 Å². The number of benzene rings is 3. The molecule has 0 unspecified atom stereocenters. The lowest BCUT2D eigenvalue weighted by Crippen LogP contribution is -2.25. The van der Waals surface area contributed by atoms with Gasteiger partial charge in [-0.25, -0.2) is 9.37 Å². The molecular weight excluding hydrogens is 529 g/mol. The number of hydrogen-bond donors (Lipinski definition) is 1. The molecule has 5 aromatic rings. The molecule has 0 saturated carbocycles. The van der Waals surface area contributed by atoms with Crippen LogP contribution >= 0.6 is 11.8 Å². The van der Waals surface area contributed by atoms with Crippen LogP contribution in [0.25, 0.3) is 22.1 Å². The first-order valence-corrected chi connectivity index (χ1v) is 14.0. The molecule has 0 fully saturated rings. The molecule has 40 heavy (non-hydrogen) atoms. The monoisotopic (exact) mass is 559 g/mol. The van der Waals surface area contributed by atoms with Crippen LogP contribution in [0.3, 0.4) is 0 Å². The molecule has 2 heterocycles. The Morgan fingerprint density at radius 3 is 2.55 bits per heavy atom. The number of thioether (sulfide) groups is 1. The van der Waals surface area contributed by atoms with E-state index in [1.165, 1.54) is 23.9 Å². The number of fused-ring (bicyclic) bond motifs is 3. The highest BCUT2D eigenvalue weighted by Gasteiger charge is 2.15. The molecule has 0 radical (unpaired) electrons. The van der Waals surface area contributed by atoms with Crippen molar-refractivity contribution in [1.29, 1.82) is 0 Å². The highest BCUT2D eigenvalue weighted by Crippen LogP contribution is 2.29. The van der Waals surface area contributed by atoms with Crippen LogP contribution in [0.5, 0.6) is 11.5 Å². The summed E-state index contributed by atoms with van der Waals surface area (Å²) < 4.78 is 26.1. The highest BCUT2D eigenvalue weighted by atomic mass is 32.2. The fourth-order valence-corrected chi connectivity index (χ4v) is 5.27. The van der Waals surface area contributed by atoms with Crippen molar-refractivity contribution in [3.63, 3.8) is 0 Å². The van der Waals surface area contributed by atoms with Gasteiger partial charge >= 0.3 is 0 Å². The van der Waals surface area contributed by atoms with Crippen LogP contribution in [-0.2, 0) is 17.8 Å². The smallest absolute Gasteiger partial charge is 0.220 e. The van der Waals surface area contributed by atoms with Gasteiger partial charge in [-0.3, -0.25) is 4.79 Å². The van der Waals surface area contributed by atoms with Gasteiger partial charge in [-0.05, 0) is 54.3 Å². The van der Waals surface area contributed by atoms with E-state index < -0.39 is 0 Å². The Morgan fingerprint density at radius 1 is 0.975 bits per heavy atom. The Morgan fingerprint density at radius 2 is 1.75 bits per heavy atom. The van der Waals surface area contributed by atoms with E-state index in [9.17, 15) is 9.18 Å². The summed E-state index contributed by atoms with van der Waals surface area (Å²) in [5, 5.41) is 13.3. The number of amides is 1. The van der Waals surface area contributed by atoms with E-state index in [1.807, 2.05) is 42.5 Å². The maximum atomic E-state index is 13.4. The van der Waals surface area contributed by atoms with E-state index >= 15 is 0 Å². The average molecular weight is 560 g/mol. The molecule has 0 bridgehead atoms. The molecule has 8 nitrogen and oxygen atoms in total. The third kappa shape index (κ3) is 6.34. The predicted octanol–water partition coefficient (Wildman–Crippen LogP) is 5.42. The zero-order valence-electron chi connectivity index (χ0n) is 22.4. The summed E-state index contributed by atoms with van der Waals surface area (Å²) >= 11 is 1.48. The van der Waals surface area contributed by atoms with Gasteiger partial charge in [0.2, 0.25) is 11.1 Å². The summed E-state index contributed by atoms with van der Waals surface area (Å²) in [6.07, 6.45) is 1.80. The standard InChI is InChI=1S/C30H30FN5O3S/c1-38-25-14-11-20(18-26(25)39-2)15-16-32-27(37)8-5-17-40-30-33-29-28(34-35-30)23-6-3-4-7-24(23)36(29)19-21-9-12-22(31)13-10-21/h3-4,6-7,9-14,18H,5,8,15-17,19H2,1-2H3,(H,32,37). The Balaban J connectivity index is 1.16. The van der Waals surface area contributed by atoms with Crippen molar-refractivity contribution in [2.75, 3.05) is 26.5 Å². The lowest BCUT2D eigenvalue weighted by atomic mass is 10.1. The summed E-state index contributed by atoms with van der Waals surface area (Å²) in [7, 11) is 3.21. The SMILES string of the molecule is COc1ccc(CCNC(=O)CCCSc2nnc3c4ccccc4n(Cc4ccc(F)cc4)c3n2)cc1OC.